The fourth-order valence-corrected chi connectivity index (χ4v) is 1.93. The average Bonchev–Trinajstić information content (AvgIpc) is 2.40. The number of anilines is 1. The Hall–Kier alpha value is -1.63. The van der Waals surface area contributed by atoms with Crippen LogP contribution in [0.4, 0.5) is 10.5 Å². The number of amides is 2. The van der Waals surface area contributed by atoms with Crippen molar-refractivity contribution in [2.75, 3.05) is 5.32 Å². The zero-order valence-corrected chi connectivity index (χ0v) is 11.7. The van der Waals surface area contributed by atoms with Crippen LogP contribution in [-0.4, -0.2) is 11.0 Å². The number of urea groups is 1. The van der Waals surface area contributed by atoms with E-state index in [-0.39, 0.29) is 6.03 Å². The summed E-state index contributed by atoms with van der Waals surface area (Å²) in [4.78, 5) is 15.6. The van der Waals surface area contributed by atoms with Gasteiger partial charge in [-0.15, -0.1) is 0 Å². The number of pyridine rings is 1. The smallest absolute Gasteiger partial charge is 0.319 e. The van der Waals surface area contributed by atoms with Crippen LogP contribution >= 0.6 is 22.6 Å². The minimum Gasteiger partial charge on any atom is -0.334 e. The first-order valence-corrected chi connectivity index (χ1v) is 6.52. The Morgan fingerprint density at radius 2 is 1.89 bits per heavy atom. The van der Waals surface area contributed by atoms with Gasteiger partial charge in [0.2, 0.25) is 0 Å². The zero-order chi connectivity index (χ0) is 12.8. The lowest BCUT2D eigenvalue weighted by molar-refractivity contribution is 0.251. The quantitative estimate of drug-likeness (QED) is 0.834. The van der Waals surface area contributed by atoms with Gasteiger partial charge in [0.25, 0.3) is 0 Å². The summed E-state index contributed by atoms with van der Waals surface area (Å²) in [5.74, 6) is 0. The van der Waals surface area contributed by atoms with Gasteiger partial charge < -0.3 is 10.6 Å². The summed E-state index contributed by atoms with van der Waals surface area (Å²) in [5, 5.41) is 5.60. The highest BCUT2D eigenvalue weighted by Crippen LogP contribution is 2.16. The van der Waals surface area contributed by atoms with Gasteiger partial charge in [-0.25, -0.2) is 4.79 Å². The molecule has 0 unspecified atom stereocenters. The summed E-state index contributed by atoms with van der Waals surface area (Å²) in [6.07, 6.45) is 3.41. The van der Waals surface area contributed by atoms with Crippen molar-refractivity contribution in [3.63, 3.8) is 0 Å². The molecular formula is C13H12IN3O. The largest absolute Gasteiger partial charge is 0.334 e. The SMILES string of the molecule is O=C(NCc1ccncc1)Nc1ccccc1I. The molecule has 0 aliphatic carbocycles. The van der Waals surface area contributed by atoms with Crippen molar-refractivity contribution >= 4 is 34.3 Å². The van der Waals surface area contributed by atoms with Gasteiger partial charge in [0, 0.05) is 22.5 Å². The molecule has 0 aliphatic rings. The lowest BCUT2D eigenvalue weighted by Gasteiger charge is -2.08. The highest BCUT2D eigenvalue weighted by molar-refractivity contribution is 14.1. The van der Waals surface area contributed by atoms with Crippen LogP contribution in [0.1, 0.15) is 5.56 Å². The van der Waals surface area contributed by atoms with E-state index in [4.69, 9.17) is 0 Å². The Morgan fingerprint density at radius 3 is 2.61 bits per heavy atom. The molecule has 0 aliphatic heterocycles. The third kappa shape index (κ3) is 3.69. The molecule has 18 heavy (non-hydrogen) atoms. The maximum absolute atomic E-state index is 11.7. The number of benzene rings is 1. The molecule has 2 rings (SSSR count). The van der Waals surface area contributed by atoms with Crippen molar-refractivity contribution in [1.82, 2.24) is 10.3 Å². The second-order valence-electron chi connectivity index (χ2n) is 3.64. The molecule has 5 heteroatoms. The van der Waals surface area contributed by atoms with Crippen LogP contribution in [0.15, 0.2) is 48.8 Å². The molecule has 0 fully saturated rings. The van der Waals surface area contributed by atoms with Crippen LogP contribution < -0.4 is 10.6 Å². The number of rotatable bonds is 3. The van der Waals surface area contributed by atoms with Crippen molar-refractivity contribution in [2.24, 2.45) is 0 Å². The second kappa shape index (κ2) is 6.34. The normalized spacial score (nSPS) is 9.83. The molecule has 0 bridgehead atoms. The lowest BCUT2D eigenvalue weighted by Crippen LogP contribution is -2.28. The number of nitrogens with zero attached hydrogens (tertiary/aromatic N) is 1. The molecule has 4 nitrogen and oxygen atoms in total. The molecule has 2 N–H and O–H groups in total. The van der Waals surface area contributed by atoms with Gasteiger partial charge in [-0.1, -0.05) is 12.1 Å². The molecule has 0 saturated carbocycles. The van der Waals surface area contributed by atoms with E-state index >= 15 is 0 Å². The maximum Gasteiger partial charge on any atom is 0.319 e. The number of hydrogen-bond acceptors (Lipinski definition) is 2. The molecular weight excluding hydrogens is 341 g/mol. The van der Waals surface area contributed by atoms with Gasteiger partial charge in [0.1, 0.15) is 0 Å². The van der Waals surface area contributed by atoms with Crippen molar-refractivity contribution in [3.8, 4) is 0 Å². The summed E-state index contributed by atoms with van der Waals surface area (Å²) in [5.41, 5.74) is 1.83. The minimum absolute atomic E-state index is 0.212. The number of carbonyl (C=O) groups is 1. The standard InChI is InChI=1S/C13H12IN3O/c14-11-3-1-2-4-12(11)17-13(18)16-9-10-5-7-15-8-6-10/h1-8H,9H2,(H2,16,17,18). The molecule has 0 saturated heterocycles. The highest BCUT2D eigenvalue weighted by Gasteiger charge is 2.03. The van der Waals surface area contributed by atoms with Crippen LogP contribution in [0.3, 0.4) is 0 Å². The number of carbonyl (C=O) groups excluding carboxylic acids is 1. The van der Waals surface area contributed by atoms with E-state index in [2.05, 4.69) is 38.2 Å². The van der Waals surface area contributed by atoms with E-state index in [1.807, 2.05) is 36.4 Å². The molecule has 2 aromatic rings. The summed E-state index contributed by atoms with van der Waals surface area (Å²) < 4.78 is 1.01. The Balaban J connectivity index is 1.88. The number of hydrogen-bond donors (Lipinski definition) is 2. The van der Waals surface area contributed by atoms with E-state index in [0.717, 1.165) is 14.8 Å². The van der Waals surface area contributed by atoms with Gasteiger partial charge in [0.05, 0.1) is 5.69 Å². The highest BCUT2D eigenvalue weighted by atomic mass is 127. The van der Waals surface area contributed by atoms with Gasteiger partial charge in [0.15, 0.2) is 0 Å². The van der Waals surface area contributed by atoms with Crippen LogP contribution in [0.25, 0.3) is 0 Å². The first kappa shape index (κ1) is 12.8. The average molecular weight is 353 g/mol. The van der Waals surface area contributed by atoms with E-state index in [0.29, 0.717) is 6.54 Å². The van der Waals surface area contributed by atoms with E-state index in [1.165, 1.54) is 0 Å². The second-order valence-corrected chi connectivity index (χ2v) is 4.81. The van der Waals surface area contributed by atoms with Crippen molar-refractivity contribution in [1.29, 1.82) is 0 Å². The predicted molar refractivity (Wildman–Crippen MR) is 79.3 cm³/mol. The Kier molecular flexibility index (Phi) is 4.52. The Morgan fingerprint density at radius 1 is 1.17 bits per heavy atom. The van der Waals surface area contributed by atoms with Crippen molar-refractivity contribution in [3.05, 3.63) is 57.9 Å². The van der Waals surface area contributed by atoms with E-state index < -0.39 is 0 Å². The molecule has 2 amide bonds. The van der Waals surface area contributed by atoms with Gasteiger partial charge in [-0.05, 0) is 52.4 Å². The first-order chi connectivity index (χ1) is 8.75. The van der Waals surface area contributed by atoms with Crippen LogP contribution in [0.2, 0.25) is 0 Å². The van der Waals surface area contributed by atoms with Gasteiger partial charge in [-0.2, -0.15) is 0 Å². The minimum atomic E-state index is -0.212. The first-order valence-electron chi connectivity index (χ1n) is 5.44. The molecule has 0 atom stereocenters. The summed E-state index contributed by atoms with van der Waals surface area (Å²) in [7, 11) is 0. The lowest BCUT2D eigenvalue weighted by atomic mass is 10.3. The number of aromatic nitrogens is 1. The van der Waals surface area contributed by atoms with E-state index in [9.17, 15) is 4.79 Å². The number of halogens is 1. The molecule has 0 radical (unpaired) electrons. The summed E-state index contributed by atoms with van der Waals surface area (Å²) >= 11 is 2.18. The van der Waals surface area contributed by atoms with Crippen molar-refractivity contribution in [2.45, 2.75) is 6.54 Å². The number of para-hydroxylation sites is 1. The molecule has 1 heterocycles. The van der Waals surface area contributed by atoms with E-state index in [1.54, 1.807) is 12.4 Å². The molecule has 1 aromatic heterocycles. The Labute approximate surface area is 119 Å². The van der Waals surface area contributed by atoms with Crippen LogP contribution in [-0.2, 0) is 6.54 Å². The van der Waals surface area contributed by atoms with Crippen LogP contribution in [0, 0.1) is 3.57 Å². The third-order valence-electron chi connectivity index (χ3n) is 2.32. The van der Waals surface area contributed by atoms with Gasteiger partial charge in [-0.3, -0.25) is 4.98 Å². The monoisotopic (exact) mass is 353 g/mol. The topological polar surface area (TPSA) is 54.0 Å². The van der Waals surface area contributed by atoms with Crippen LogP contribution in [0.5, 0.6) is 0 Å². The summed E-state index contributed by atoms with van der Waals surface area (Å²) in [6.45, 7) is 0.484. The molecule has 0 spiro atoms. The Bertz CT molecular complexity index is 531. The molecule has 1 aromatic carbocycles. The zero-order valence-electron chi connectivity index (χ0n) is 9.56. The summed E-state index contributed by atoms with van der Waals surface area (Å²) in [6, 6.07) is 11.2. The van der Waals surface area contributed by atoms with Crippen molar-refractivity contribution < 1.29 is 4.79 Å². The maximum atomic E-state index is 11.7. The van der Waals surface area contributed by atoms with Gasteiger partial charge >= 0.3 is 6.03 Å². The predicted octanol–water partition coefficient (Wildman–Crippen LogP) is 3.01. The third-order valence-corrected chi connectivity index (χ3v) is 3.27. The molecule has 92 valence electrons. The number of nitrogens with one attached hydrogen (secondary N) is 2. The fourth-order valence-electron chi connectivity index (χ4n) is 1.41. The fraction of sp³-hybridized carbons (Fsp3) is 0.0769.